The van der Waals surface area contributed by atoms with E-state index in [4.69, 9.17) is 0 Å². The minimum atomic E-state index is -1.44. The van der Waals surface area contributed by atoms with E-state index in [0.29, 0.717) is 5.56 Å². The molecule has 98 valence electrons. The summed E-state index contributed by atoms with van der Waals surface area (Å²) in [6, 6.07) is 10.9. The van der Waals surface area contributed by atoms with Crippen LogP contribution in [-0.4, -0.2) is 20.7 Å². The maximum atomic E-state index is 12.1. The molecule has 2 atom stereocenters. The molecule has 1 aromatic rings. The van der Waals surface area contributed by atoms with Crippen LogP contribution in [0.3, 0.4) is 0 Å². The lowest BCUT2D eigenvalue weighted by molar-refractivity contribution is 0.221. The predicted molar refractivity (Wildman–Crippen MR) is 71.8 cm³/mol. The fourth-order valence-electron chi connectivity index (χ4n) is 1.34. The normalized spacial score (nSPS) is 16.6. The summed E-state index contributed by atoms with van der Waals surface area (Å²) < 4.78 is 14.3. The smallest absolute Gasteiger partial charge is 0.166 e. The van der Waals surface area contributed by atoms with E-state index in [2.05, 4.69) is 4.72 Å². The van der Waals surface area contributed by atoms with Crippen LogP contribution >= 0.6 is 0 Å². The maximum Gasteiger partial charge on any atom is 0.166 e. The third kappa shape index (κ3) is 3.16. The van der Waals surface area contributed by atoms with Gasteiger partial charge in [-0.2, -0.15) is 5.26 Å². The molecule has 18 heavy (non-hydrogen) atoms. The lowest BCUT2D eigenvalue weighted by atomic mass is 9.94. The van der Waals surface area contributed by atoms with Gasteiger partial charge in [0, 0.05) is 0 Å². The standard InChI is InChI=1S/C13H18N2O2S/c1-12(2,3)18(17)15-13(9-14,10-16)11-7-5-4-6-8-11/h4-8,15-16H,10H2,1-3H3/t13-,18-/m1/s1. The van der Waals surface area contributed by atoms with Crippen molar-refractivity contribution in [1.82, 2.24) is 4.72 Å². The third-order valence-corrected chi connectivity index (χ3v) is 4.16. The van der Waals surface area contributed by atoms with E-state index < -0.39 is 27.9 Å². The van der Waals surface area contributed by atoms with Gasteiger partial charge in [0.05, 0.1) is 28.4 Å². The van der Waals surface area contributed by atoms with Crippen LogP contribution < -0.4 is 4.72 Å². The lowest BCUT2D eigenvalue weighted by Crippen LogP contribution is -2.49. The first-order valence-electron chi connectivity index (χ1n) is 5.63. The molecule has 0 amide bonds. The summed E-state index contributed by atoms with van der Waals surface area (Å²) in [5.74, 6) is 0. The summed E-state index contributed by atoms with van der Waals surface area (Å²) in [6.07, 6.45) is 0. The second kappa shape index (κ2) is 5.61. The molecule has 1 rings (SSSR count). The molecule has 1 aromatic carbocycles. The fraction of sp³-hybridized carbons (Fsp3) is 0.462. The summed E-state index contributed by atoms with van der Waals surface area (Å²) in [7, 11) is -1.44. The maximum absolute atomic E-state index is 12.1. The van der Waals surface area contributed by atoms with Crippen LogP contribution in [0.1, 0.15) is 26.3 Å². The van der Waals surface area contributed by atoms with Gasteiger partial charge in [-0.3, -0.25) is 0 Å². The van der Waals surface area contributed by atoms with Gasteiger partial charge < -0.3 is 5.11 Å². The van der Waals surface area contributed by atoms with Crippen LogP contribution in [0, 0.1) is 11.3 Å². The Morgan fingerprint density at radius 3 is 2.28 bits per heavy atom. The molecular formula is C13H18N2O2S. The Morgan fingerprint density at radius 1 is 1.33 bits per heavy atom. The van der Waals surface area contributed by atoms with Crippen LogP contribution in [0.25, 0.3) is 0 Å². The summed E-state index contributed by atoms with van der Waals surface area (Å²) in [5, 5.41) is 18.9. The molecule has 0 aliphatic heterocycles. The van der Waals surface area contributed by atoms with E-state index in [1.807, 2.05) is 12.1 Å². The van der Waals surface area contributed by atoms with E-state index in [-0.39, 0.29) is 0 Å². The zero-order valence-electron chi connectivity index (χ0n) is 10.8. The SMILES string of the molecule is CC(C)(C)[S@@](=O)N[C@](C#N)(CO)c1ccccc1. The van der Waals surface area contributed by atoms with Crippen LogP contribution in [0.2, 0.25) is 0 Å². The highest BCUT2D eigenvalue weighted by Crippen LogP contribution is 2.22. The monoisotopic (exact) mass is 266 g/mol. The number of aliphatic hydroxyl groups is 1. The molecule has 0 saturated carbocycles. The van der Waals surface area contributed by atoms with Gasteiger partial charge in [0.25, 0.3) is 0 Å². The van der Waals surface area contributed by atoms with Gasteiger partial charge in [-0.15, -0.1) is 0 Å². The number of nitrogens with zero attached hydrogens (tertiary/aromatic N) is 1. The van der Waals surface area contributed by atoms with Crippen molar-refractivity contribution in [3.63, 3.8) is 0 Å². The minimum absolute atomic E-state index is 0.435. The van der Waals surface area contributed by atoms with Crippen molar-refractivity contribution in [2.24, 2.45) is 0 Å². The van der Waals surface area contributed by atoms with Crippen molar-refractivity contribution in [2.45, 2.75) is 31.1 Å². The molecule has 0 aliphatic carbocycles. The Balaban J connectivity index is 3.11. The van der Waals surface area contributed by atoms with E-state index in [0.717, 1.165) is 0 Å². The highest BCUT2D eigenvalue weighted by molar-refractivity contribution is 7.84. The first-order chi connectivity index (χ1) is 8.35. The zero-order chi connectivity index (χ0) is 13.8. The summed E-state index contributed by atoms with van der Waals surface area (Å²) >= 11 is 0. The first-order valence-corrected chi connectivity index (χ1v) is 6.78. The van der Waals surface area contributed by atoms with Crippen molar-refractivity contribution in [2.75, 3.05) is 6.61 Å². The number of benzene rings is 1. The van der Waals surface area contributed by atoms with Gasteiger partial charge in [-0.25, -0.2) is 8.93 Å². The molecular weight excluding hydrogens is 248 g/mol. The zero-order valence-corrected chi connectivity index (χ0v) is 11.6. The minimum Gasteiger partial charge on any atom is -0.393 e. The number of nitriles is 1. The largest absolute Gasteiger partial charge is 0.393 e. The Hall–Kier alpha value is -1.22. The average molecular weight is 266 g/mol. The van der Waals surface area contributed by atoms with Crippen molar-refractivity contribution in [1.29, 1.82) is 5.26 Å². The topological polar surface area (TPSA) is 73.1 Å². The van der Waals surface area contributed by atoms with Crippen molar-refractivity contribution in [3.8, 4) is 6.07 Å². The predicted octanol–water partition coefficient (Wildman–Crippen LogP) is 1.45. The van der Waals surface area contributed by atoms with Gasteiger partial charge in [0.15, 0.2) is 5.54 Å². The van der Waals surface area contributed by atoms with Gasteiger partial charge in [0.2, 0.25) is 0 Å². The summed E-state index contributed by atoms with van der Waals surface area (Å²) in [4.78, 5) is 0. The van der Waals surface area contributed by atoms with Crippen LogP contribution in [0.4, 0.5) is 0 Å². The highest BCUT2D eigenvalue weighted by Gasteiger charge is 2.36. The number of nitrogens with one attached hydrogen (secondary N) is 1. The Labute approximate surface area is 110 Å². The quantitative estimate of drug-likeness (QED) is 0.866. The van der Waals surface area contributed by atoms with E-state index in [1.165, 1.54) is 0 Å². The van der Waals surface area contributed by atoms with Crippen molar-refractivity contribution in [3.05, 3.63) is 35.9 Å². The molecule has 0 fully saturated rings. The molecule has 5 heteroatoms. The Bertz CT molecular complexity index is 462. The number of hydrogen-bond donors (Lipinski definition) is 2. The van der Waals surface area contributed by atoms with E-state index in [9.17, 15) is 14.6 Å². The molecule has 0 saturated heterocycles. The number of rotatable bonds is 4. The van der Waals surface area contributed by atoms with Crippen molar-refractivity contribution < 1.29 is 9.32 Å². The van der Waals surface area contributed by atoms with Gasteiger partial charge in [-0.05, 0) is 26.3 Å². The molecule has 0 spiro atoms. The number of aliphatic hydroxyl groups excluding tert-OH is 1. The van der Waals surface area contributed by atoms with E-state index in [1.54, 1.807) is 45.0 Å². The highest BCUT2D eigenvalue weighted by atomic mass is 32.2. The summed E-state index contributed by atoms with van der Waals surface area (Å²) in [6.45, 7) is 4.98. The molecule has 0 aliphatic rings. The second-order valence-electron chi connectivity index (χ2n) is 5.02. The molecule has 0 aromatic heterocycles. The van der Waals surface area contributed by atoms with Gasteiger partial charge in [-0.1, -0.05) is 30.3 Å². The van der Waals surface area contributed by atoms with Crippen LogP contribution in [0.15, 0.2) is 30.3 Å². The van der Waals surface area contributed by atoms with Crippen LogP contribution in [0.5, 0.6) is 0 Å². The third-order valence-electron chi connectivity index (χ3n) is 2.52. The van der Waals surface area contributed by atoms with Crippen LogP contribution in [-0.2, 0) is 16.5 Å². The molecule has 0 heterocycles. The lowest BCUT2D eigenvalue weighted by Gasteiger charge is -2.29. The van der Waals surface area contributed by atoms with Gasteiger partial charge in [0.1, 0.15) is 0 Å². The first kappa shape index (κ1) is 14.8. The Kier molecular flexibility index (Phi) is 4.63. The second-order valence-corrected chi connectivity index (χ2v) is 6.99. The Morgan fingerprint density at radius 2 is 1.89 bits per heavy atom. The molecule has 4 nitrogen and oxygen atoms in total. The number of hydrogen-bond acceptors (Lipinski definition) is 3. The fourth-order valence-corrected chi connectivity index (χ4v) is 2.19. The van der Waals surface area contributed by atoms with E-state index >= 15 is 0 Å². The molecule has 0 bridgehead atoms. The molecule has 2 N–H and O–H groups in total. The average Bonchev–Trinajstić information content (AvgIpc) is 2.35. The molecule has 0 radical (unpaired) electrons. The summed E-state index contributed by atoms with van der Waals surface area (Å²) in [5.41, 5.74) is -0.730. The van der Waals surface area contributed by atoms with Gasteiger partial charge >= 0.3 is 0 Å². The molecule has 0 unspecified atom stereocenters. The van der Waals surface area contributed by atoms with Crippen molar-refractivity contribution >= 4 is 11.0 Å².